The van der Waals surface area contributed by atoms with E-state index in [1.165, 1.54) is 21.8 Å². The van der Waals surface area contributed by atoms with Crippen molar-refractivity contribution in [2.45, 2.75) is 31.3 Å². The van der Waals surface area contributed by atoms with E-state index in [1.807, 2.05) is 0 Å². The fraction of sp³-hybridized carbons (Fsp3) is 0.444. The number of benzene rings is 1. The molecule has 0 radical (unpaired) electrons. The largest absolute Gasteiger partial charge is 0.388 e. The lowest BCUT2D eigenvalue weighted by Gasteiger charge is -2.28. The average molecular weight is 349 g/mol. The van der Waals surface area contributed by atoms with Crippen LogP contribution >= 0.6 is 0 Å². The summed E-state index contributed by atoms with van der Waals surface area (Å²) in [4.78, 5) is 14.3. The highest BCUT2D eigenvalue weighted by atomic mass is 19.1. The van der Waals surface area contributed by atoms with E-state index in [1.54, 1.807) is 14.1 Å². The van der Waals surface area contributed by atoms with Crippen LogP contribution in [0.1, 0.15) is 36.0 Å². The molecule has 1 saturated carbocycles. The predicted octanol–water partition coefficient (Wildman–Crippen LogP) is 2.74. The van der Waals surface area contributed by atoms with Gasteiger partial charge in [-0.2, -0.15) is 5.10 Å². The molecule has 134 valence electrons. The molecule has 1 aliphatic carbocycles. The second-order valence-electron chi connectivity index (χ2n) is 6.78. The van der Waals surface area contributed by atoms with E-state index in [0.29, 0.717) is 12.8 Å². The van der Waals surface area contributed by atoms with Crippen molar-refractivity contribution >= 4 is 5.91 Å². The molecule has 2 aromatic rings. The van der Waals surface area contributed by atoms with Gasteiger partial charge in [-0.3, -0.25) is 9.48 Å². The molecule has 25 heavy (non-hydrogen) atoms. The Hall–Kier alpha value is -2.28. The molecule has 0 bridgehead atoms. The monoisotopic (exact) mass is 349 g/mol. The molecule has 1 aliphatic rings. The minimum atomic E-state index is -0.867. The highest BCUT2D eigenvalue weighted by Gasteiger charge is 2.34. The summed E-state index contributed by atoms with van der Waals surface area (Å²) in [5, 5.41) is 14.7. The maximum absolute atomic E-state index is 14.1. The number of halogens is 2. The maximum Gasteiger partial charge on any atom is 0.257 e. The molecule has 1 amide bonds. The summed E-state index contributed by atoms with van der Waals surface area (Å²) in [6, 6.07) is 3.17. The Morgan fingerprint density at radius 2 is 2.04 bits per heavy atom. The standard InChI is InChI=1S/C18H21F2N3O2/c1-22(11-18(25)7-3-4-8-18)17(24)14-10-23(2)21-16(14)13-6-5-12(19)9-15(13)20/h5-6,9-10,25H,3-4,7-8,11H2,1-2H3. The molecular formula is C18H21F2N3O2. The van der Waals surface area contributed by atoms with Crippen LogP contribution < -0.4 is 0 Å². The number of likely N-dealkylation sites (N-methyl/N-ethyl adjacent to an activating group) is 1. The Labute approximate surface area is 144 Å². The molecule has 3 rings (SSSR count). The summed E-state index contributed by atoms with van der Waals surface area (Å²) in [5.74, 6) is -1.82. The fourth-order valence-corrected chi connectivity index (χ4v) is 3.44. The number of carbonyl (C=O) groups is 1. The van der Waals surface area contributed by atoms with Crippen LogP contribution in [0.2, 0.25) is 0 Å². The molecule has 7 heteroatoms. The van der Waals surface area contributed by atoms with Crippen molar-refractivity contribution in [2.24, 2.45) is 7.05 Å². The SMILES string of the molecule is CN(CC1(O)CCCC1)C(=O)c1cn(C)nc1-c1ccc(F)cc1F. The van der Waals surface area contributed by atoms with Gasteiger partial charge in [0, 0.05) is 38.5 Å². The third-order valence-electron chi connectivity index (χ3n) is 4.66. The number of aromatic nitrogens is 2. The first-order valence-corrected chi connectivity index (χ1v) is 8.26. The first-order chi connectivity index (χ1) is 11.8. The van der Waals surface area contributed by atoms with Crippen molar-refractivity contribution in [3.05, 3.63) is 41.6 Å². The van der Waals surface area contributed by atoms with Crippen LogP contribution in [0, 0.1) is 11.6 Å². The summed E-state index contributed by atoms with van der Waals surface area (Å²) >= 11 is 0. The molecule has 5 nitrogen and oxygen atoms in total. The summed E-state index contributed by atoms with van der Waals surface area (Å²) < 4.78 is 28.7. The minimum Gasteiger partial charge on any atom is -0.388 e. The van der Waals surface area contributed by atoms with Gasteiger partial charge in [0.25, 0.3) is 5.91 Å². The van der Waals surface area contributed by atoms with Crippen LogP contribution in [0.3, 0.4) is 0 Å². The number of aliphatic hydroxyl groups is 1. The summed E-state index contributed by atoms with van der Waals surface area (Å²) in [7, 11) is 3.24. The van der Waals surface area contributed by atoms with Gasteiger partial charge in [-0.15, -0.1) is 0 Å². The lowest BCUT2D eigenvalue weighted by Crippen LogP contribution is -2.42. The third-order valence-corrected chi connectivity index (χ3v) is 4.66. The second-order valence-corrected chi connectivity index (χ2v) is 6.78. The molecular weight excluding hydrogens is 328 g/mol. The second kappa shape index (κ2) is 6.55. The normalized spacial score (nSPS) is 16.2. The lowest BCUT2D eigenvalue weighted by molar-refractivity contribution is 0.0157. The summed E-state index contributed by atoms with van der Waals surface area (Å²) in [6.45, 7) is 0.214. The molecule has 0 atom stereocenters. The predicted molar refractivity (Wildman–Crippen MR) is 88.9 cm³/mol. The summed E-state index contributed by atoms with van der Waals surface area (Å²) in [5.41, 5.74) is -0.417. The van der Waals surface area contributed by atoms with Crippen LogP contribution in [0.15, 0.2) is 24.4 Å². The number of hydrogen-bond donors (Lipinski definition) is 1. The Morgan fingerprint density at radius 3 is 2.68 bits per heavy atom. The molecule has 0 unspecified atom stereocenters. The molecule has 1 heterocycles. The van der Waals surface area contributed by atoms with Gasteiger partial charge in [-0.1, -0.05) is 12.8 Å². The molecule has 0 spiro atoms. The van der Waals surface area contributed by atoms with Crippen LogP contribution in [0.4, 0.5) is 8.78 Å². The fourth-order valence-electron chi connectivity index (χ4n) is 3.44. The Kier molecular flexibility index (Phi) is 4.60. The first kappa shape index (κ1) is 17.5. The first-order valence-electron chi connectivity index (χ1n) is 8.26. The molecule has 0 saturated heterocycles. The zero-order valence-corrected chi connectivity index (χ0v) is 14.3. The highest BCUT2D eigenvalue weighted by Crippen LogP contribution is 2.31. The molecule has 1 N–H and O–H groups in total. The van der Waals surface area contributed by atoms with Crippen molar-refractivity contribution in [3.63, 3.8) is 0 Å². The molecule has 0 aliphatic heterocycles. The molecule has 1 aromatic carbocycles. The number of amides is 1. The van der Waals surface area contributed by atoms with Crippen LogP contribution in [-0.2, 0) is 7.05 Å². The highest BCUT2D eigenvalue weighted by molar-refractivity contribution is 5.99. The van der Waals surface area contributed by atoms with Crippen molar-refractivity contribution in [3.8, 4) is 11.3 Å². The minimum absolute atomic E-state index is 0.0679. The van der Waals surface area contributed by atoms with Gasteiger partial charge in [0.1, 0.15) is 17.3 Å². The van der Waals surface area contributed by atoms with Crippen LogP contribution in [0.25, 0.3) is 11.3 Å². The Morgan fingerprint density at radius 1 is 1.36 bits per heavy atom. The van der Waals surface area contributed by atoms with Crippen LogP contribution in [-0.4, -0.2) is 44.9 Å². The van der Waals surface area contributed by atoms with E-state index >= 15 is 0 Å². The van der Waals surface area contributed by atoms with Gasteiger partial charge in [-0.05, 0) is 25.0 Å². The van der Waals surface area contributed by atoms with Gasteiger partial charge in [0.05, 0.1) is 11.2 Å². The number of aryl methyl sites for hydroxylation is 1. The zero-order chi connectivity index (χ0) is 18.2. The smallest absolute Gasteiger partial charge is 0.257 e. The van der Waals surface area contributed by atoms with Gasteiger partial charge in [-0.25, -0.2) is 8.78 Å². The van der Waals surface area contributed by atoms with E-state index in [-0.39, 0.29) is 29.3 Å². The number of rotatable bonds is 4. The number of nitrogens with zero attached hydrogens (tertiary/aromatic N) is 3. The number of hydrogen-bond acceptors (Lipinski definition) is 3. The topological polar surface area (TPSA) is 58.4 Å². The quantitative estimate of drug-likeness (QED) is 0.923. The van der Waals surface area contributed by atoms with E-state index in [4.69, 9.17) is 0 Å². The Bertz CT molecular complexity index is 798. The van der Waals surface area contributed by atoms with E-state index < -0.39 is 17.2 Å². The van der Waals surface area contributed by atoms with Gasteiger partial charge >= 0.3 is 0 Å². The van der Waals surface area contributed by atoms with Crippen molar-refractivity contribution < 1.29 is 18.7 Å². The number of carbonyl (C=O) groups excluding carboxylic acids is 1. The maximum atomic E-state index is 14.1. The van der Waals surface area contributed by atoms with E-state index in [0.717, 1.165) is 25.0 Å². The summed E-state index contributed by atoms with van der Waals surface area (Å²) in [6.07, 6.45) is 4.72. The molecule has 1 fully saturated rings. The van der Waals surface area contributed by atoms with Crippen molar-refractivity contribution in [2.75, 3.05) is 13.6 Å². The third kappa shape index (κ3) is 3.56. The van der Waals surface area contributed by atoms with Gasteiger partial charge in [0.15, 0.2) is 0 Å². The zero-order valence-electron chi connectivity index (χ0n) is 14.3. The average Bonchev–Trinajstić information content (AvgIpc) is 3.12. The van der Waals surface area contributed by atoms with Gasteiger partial charge in [0.2, 0.25) is 0 Å². The van der Waals surface area contributed by atoms with E-state index in [2.05, 4.69) is 5.10 Å². The Balaban J connectivity index is 1.90. The van der Waals surface area contributed by atoms with Crippen molar-refractivity contribution in [1.29, 1.82) is 0 Å². The van der Waals surface area contributed by atoms with Gasteiger partial charge < -0.3 is 10.0 Å². The molecule has 1 aromatic heterocycles. The van der Waals surface area contributed by atoms with Crippen LogP contribution in [0.5, 0.6) is 0 Å². The lowest BCUT2D eigenvalue weighted by atomic mass is 10.0. The van der Waals surface area contributed by atoms with E-state index in [9.17, 15) is 18.7 Å². The van der Waals surface area contributed by atoms with Crippen molar-refractivity contribution in [1.82, 2.24) is 14.7 Å².